The number of benzene rings is 4. The predicted octanol–water partition coefficient (Wildman–Crippen LogP) is 11.1. The normalized spacial score (nSPS) is 16.4. The van der Waals surface area contributed by atoms with Crippen LogP contribution in [0.3, 0.4) is 0 Å². The highest BCUT2D eigenvalue weighted by molar-refractivity contribution is 6.21. The number of fused-ring (bicyclic) bond motifs is 4. The van der Waals surface area contributed by atoms with Crippen molar-refractivity contribution in [1.29, 1.82) is 0 Å². The second kappa shape index (κ2) is 10.2. The minimum atomic E-state index is -0.0194. The Kier molecular flexibility index (Phi) is 6.66. The van der Waals surface area contributed by atoms with E-state index in [1.54, 1.807) is 0 Å². The lowest BCUT2D eigenvalue weighted by molar-refractivity contribution is 0.652. The highest BCUT2D eigenvalue weighted by Crippen LogP contribution is 2.53. The molecule has 0 bridgehead atoms. The zero-order chi connectivity index (χ0) is 28.0. The standard InChI is InChI=1S/C38H40N2/c1-7-24(2)16-19-26(4)39-36-29-13-8-9-14-30(29)37(40-27-20-17-25(3)18-21-27)33-23-35-31(22-32(33)36)28-12-10-11-15-34(28)38(35,5)6/h8-9,11,13-23,39-40H,7,10,12H2,1-6H3/b24-16-,26-19+. The Morgan fingerprint density at radius 2 is 1.57 bits per heavy atom. The number of hydrogen-bond acceptors (Lipinski definition) is 2. The van der Waals surface area contributed by atoms with Gasteiger partial charge in [0.15, 0.2) is 0 Å². The van der Waals surface area contributed by atoms with E-state index in [1.807, 2.05) is 0 Å². The molecule has 0 atom stereocenters. The molecule has 0 aliphatic heterocycles. The van der Waals surface area contributed by atoms with E-state index in [0.29, 0.717) is 0 Å². The Hall–Kier alpha value is -4.04. The molecule has 2 aliphatic carbocycles. The second-order valence-corrected chi connectivity index (χ2v) is 12.0. The number of nitrogens with one attached hydrogen (secondary N) is 2. The molecule has 0 saturated heterocycles. The van der Waals surface area contributed by atoms with Crippen LogP contribution in [-0.2, 0) is 5.41 Å². The average molecular weight is 525 g/mol. The van der Waals surface area contributed by atoms with Crippen LogP contribution in [0.4, 0.5) is 17.1 Å². The molecule has 2 heteroatoms. The van der Waals surface area contributed by atoms with Crippen molar-refractivity contribution >= 4 is 44.2 Å². The molecule has 0 aromatic heterocycles. The fourth-order valence-corrected chi connectivity index (χ4v) is 6.34. The summed E-state index contributed by atoms with van der Waals surface area (Å²) in [5.41, 5.74) is 13.1. The summed E-state index contributed by atoms with van der Waals surface area (Å²) in [7, 11) is 0. The van der Waals surface area contributed by atoms with Gasteiger partial charge in [-0.25, -0.2) is 0 Å². The summed E-state index contributed by atoms with van der Waals surface area (Å²) < 4.78 is 0. The van der Waals surface area contributed by atoms with Crippen LogP contribution in [0, 0.1) is 6.92 Å². The summed E-state index contributed by atoms with van der Waals surface area (Å²) >= 11 is 0. The summed E-state index contributed by atoms with van der Waals surface area (Å²) in [5.74, 6) is 0. The van der Waals surface area contributed by atoms with E-state index in [-0.39, 0.29) is 5.41 Å². The van der Waals surface area contributed by atoms with Crippen LogP contribution in [0.25, 0.3) is 27.1 Å². The van der Waals surface area contributed by atoms with Gasteiger partial charge >= 0.3 is 0 Å². The zero-order valence-electron chi connectivity index (χ0n) is 24.7. The van der Waals surface area contributed by atoms with Gasteiger partial charge in [0.2, 0.25) is 0 Å². The SMILES string of the molecule is CC/C(C)=C\C=C(/C)Nc1c2ccccc2c(Nc2ccc(C)cc2)c2cc3c(cc12)C1=C(C=CCC1)C3(C)C. The average Bonchev–Trinajstić information content (AvgIpc) is 3.19. The van der Waals surface area contributed by atoms with Crippen molar-refractivity contribution < 1.29 is 0 Å². The third-order valence-electron chi connectivity index (χ3n) is 8.82. The number of anilines is 3. The molecule has 6 rings (SSSR count). The monoisotopic (exact) mass is 524 g/mol. The molecule has 2 aliphatic rings. The first kappa shape index (κ1) is 26.2. The van der Waals surface area contributed by atoms with Gasteiger partial charge in [-0.3, -0.25) is 0 Å². The Bertz CT molecular complexity index is 1760. The van der Waals surface area contributed by atoms with Crippen molar-refractivity contribution in [2.24, 2.45) is 0 Å². The largest absolute Gasteiger partial charge is 0.358 e. The molecule has 0 heterocycles. The van der Waals surface area contributed by atoms with Gasteiger partial charge in [0.25, 0.3) is 0 Å². The third kappa shape index (κ3) is 4.46. The number of allylic oxidation sites excluding steroid dienone is 8. The molecule has 40 heavy (non-hydrogen) atoms. The molecule has 0 spiro atoms. The van der Waals surface area contributed by atoms with Gasteiger partial charge in [0.1, 0.15) is 0 Å². The molecule has 0 unspecified atom stereocenters. The molecule has 2 N–H and O–H groups in total. The van der Waals surface area contributed by atoms with Crippen molar-refractivity contribution in [3.63, 3.8) is 0 Å². The fourth-order valence-electron chi connectivity index (χ4n) is 6.34. The van der Waals surface area contributed by atoms with Gasteiger partial charge in [0.05, 0.1) is 11.4 Å². The summed E-state index contributed by atoms with van der Waals surface area (Å²) in [5, 5.41) is 12.7. The molecule has 4 aromatic rings. The maximum absolute atomic E-state index is 3.85. The van der Waals surface area contributed by atoms with Crippen LogP contribution in [-0.4, -0.2) is 0 Å². The maximum Gasteiger partial charge on any atom is 0.0545 e. The van der Waals surface area contributed by atoms with Crippen LogP contribution < -0.4 is 10.6 Å². The van der Waals surface area contributed by atoms with Gasteiger partial charge in [0, 0.05) is 38.3 Å². The molecule has 202 valence electrons. The van der Waals surface area contributed by atoms with Crippen molar-refractivity contribution in [2.45, 2.75) is 66.2 Å². The van der Waals surface area contributed by atoms with Gasteiger partial charge in [-0.05, 0) is 92.6 Å². The predicted molar refractivity (Wildman–Crippen MR) is 176 cm³/mol. The van der Waals surface area contributed by atoms with Crippen LogP contribution in [0.2, 0.25) is 0 Å². The van der Waals surface area contributed by atoms with Crippen LogP contribution in [0.1, 0.15) is 70.6 Å². The Morgan fingerprint density at radius 3 is 2.30 bits per heavy atom. The molecule has 0 radical (unpaired) electrons. The van der Waals surface area contributed by atoms with E-state index in [1.165, 1.54) is 66.3 Å². The number of rotatable bonds is 6. The Morgan fingerprint density at radius 1 is 0.875 bits per heavy atom. The number of aryl methyl sites for hydroxylation is 1. The molecule has 0 amide bonds. The quantitative estimate of drug-likeness (QED) is 0.149. The summed E-state index contributed by atoms with van der Waals surface area (Å²) in [6.07, 6.45) is 12.4. The summed E-state index contributed by atoms with van der Waals surface area (Å²) in [4.78, 5) is 0. The molecular formula is C38H40N2. The van der Waals surface area contributed by atoms with E-state index in [2.05, 4.69) is 137 Å². The lowest BCUT2D eigenvalue weighted by Gasteiger charge is -2.25. The molecule has 4 aromatic carbocycles. The first-order valence-electron chi connectivity index (χ1n) is 14.7. The zero-order valence-corrected chi connectivity index (χ0v) is 24.7. The second-order valence-electron chi connectivity index (χ2n) is 12.0. The lowest BCUT2D eigenvalue weighted by atomic mass is 9.79. The first-order valence-corrected chi connectivity index (χ1v) is 14.7. The van der Waals surface area contributed by atoms with Crippen molar-refractivity contribution in [3.05, 3.63) is 119 Å². The van der Waals surface area contributed by atoms with Crippen molar-refractivity contribution in [3.8, 4) is 0 Å². The topological polar surface area (TPSA) is 24.1 Å². The van der Waals surface area contributed by atoms with Gasteiger partial charge in [-0.1, -0.05) is 86.5 Å². The Labute approximate surface area is 239 Å². The Balaban J connectivity index is 1.65. The minimum Gasteiger partial charge on any atom is -0.358 e. The molecule has 2 nitrogen and oxygen atoms in total. The van der Waals surface area contributed by atoms with E-state index in [4.69, 9.17) is 0 Å². The lowest BCUT2D eigenvalue weighted by Crippen LogP contribution is -2.16. The van der Waals surface area contributed by atoms with Crippen LogP contribution >= 0.6 is 0 Å². The summed E-state index contributed by atoms with van der Waals surface area (Å²) in [6.45, 7) is 13.5. The fraction of sp³-hybridized carbons (Fsp3) is 0.263. The molecular weight excluding hydrogens is 484 g/mol. The molecule has 0 fully saturated rings. The van der Waals surface area contributed by atoms with E-state index < -0.39 is 0 Å². The van der Waals surface area contributed by atoms with Crippen molar-refractivity contribution in [1.82, 2.24) is 0 Å². The van der Waals surface area contributed by atoms with E-state index in [9.17, 15) is 0 Å². The van der Waals surface area contributed by atoms with Gasteiger partial charge in [-0.15, -0.1) is 0 Å². The third-order valence-corrected chi connectivity index (χ3v) is 8.82. The number of hydrogen-bond donors (Lipinski definition) is 2. The van der Waals surface area contributed by atoms with Crippen LogP contribution in [0.15, 0.2) is 102 Å². The highest BCUT2D eigenvalue weighted by atomic mass is 14.9. The smallest absolute Gasteiger partial charge is 0.0545 e. The minimum absolute atomic E-state index is 0.0194. The van der Waals surface area contributed by atoms with Crippen LogP contribution in [0.5, 0.6) is 0 Å². The molecule has 0 saturated carbocycles. The van der Waals surface area contributed by atoms with Gasteiger partial charge in [-0.2, -0.15) is 0 Å². The van der Waals surface area contributed by atoms with Gasteiger partial charge < -0.3 is 10.6 Å². The van der Waals surface area contributed by atoms with E-state index >= 15 is 0 Å². The first-order chi connectivity index (χ1) is 19.3. The van der Waals surface area contributed by atoms with E-state index in [0.717, 1.165) is 30.6 Å². The summed E-state index contributed by atoms with van der Waals surface area (Å²) in [6, 6.07) is 22.5. The maximum atomic E-state index is 3.85. The van der Waals surface area contributed by atoms with Crippen molar-refractivity contribution in [2.75, 3.05) is 10.6 Å². The highest BCUT2D eigenvalue weighted by Gasteiger charge is 2.37.